The highest BCUT2D eigenvalue weighted by Gasteiger charge is 2.23. The highest BCUT2D eigenvalue weighted by atomic mass is 32.2. The molecule has 0 spiro atoms. The summed E-state index contributed by atoms with van der Waals surface area (Å²) in [6.45, 7) is 1.33. The Morgan fingerprint density at radius 2 is 1.97 bits per heavy atom. The highest BCUT2D eigenvalue weighted by Crippen LogP contribution is 2.34. The van der Waals surface area contributed by atoms with Crippen LogP contribution in [0.3, 0.4) is 0 Å². The number of fused-ring (bicyclic) bond motifs is 1. The molecule has 3 rings (SSSR count). The van der Waals surface area contributed by atoms with Crippen molar-refractivity contribution < 1.29 is 31.9 Å². The topological polar surface area (TPSA) is 98.8 Å². The highest BCUT2D eigenvalue weighted by molar-refractivity contribution is 7.91. The van der Waals surface area contributed by atoms with E-state index in [9.17, 15) is 22.4 Å². The Morgan fingerprint density at radius 1 is 1.17 bits per heavy atom. The number of rotatable bonds is 9. The van der Waals surface area contributed by atoms with Gasteiger partial charge in [0.2, 0.25) is 10.0 Å². The molecular weight excluding hydrogens is 453 g/mol. The van der Waals surface area contributed by atoms with Gasteiger partial charge in [0, 0.05) is 22.2 Å². The maximum Gasteiger partial charge on any atom is 0.348 e. The van der Waals surface area contributed by atoms with E-state index >= 15 is 0 Å². The normalized spacial score (nSPS) is 11.5. The number of hydrogen-bond acceptors (Lipinski definition) is 8. The quantitative estimate of drug-likeness (QED) is 0.478. The second-order valence-electron chi connectivity index (χ2n) is 5.98. The Kier molecular flexibility index (Phi) is 7.19. The fourth-order valence-electron chi connectivity index (χ4n) is 2.67. The summed E-state index contributed by atoms with van der Waals surface area (Å²) in [6, 6.07) is 7.52. The molecular formula is C19H18FNO6S3. The lowest BCUT2D eigenvalue weighted by atomic mass is 10.1. The van der Waals surface area contributed by atoms with Crippen molar-refractivity contribution in [1.29, 1.82) is 0 Å². The molecule has 7 nitrogen and oxygen atoms in total. The number of nitrogens with one attached hydrogen (secondary N) is 1. The molecule has 30 heavy (non-hydrogen) atoms. The fraction of sp³-hybridized carbons (Fsp3) is 0.263. The third-order valence-electron chi connectivity index (χ3n) is 3.98. The van der Waals surface area contributed by atoms with Crippen LogP contribution in [0, 0.1) is 5.82 Å². The number of ether oxygens (including phenoxy) is 2. The maximum absolute atomic E-state index is 14.3. The number of sulfonamides is 1. The molecule has 0 radical (unpaired) electrons. The Balaban J connectivity index is 1.67. The summed E-state index contributed by atoms with van der Waals surface area (Å²) in [5.41, 5.74) is 0.235. The van der Waals surface area contributed by atoms with Gasteiger partial charge in [-0.15, -0.1) is 22.7 Å². The van der Waals surface area contributed by atoms with Gasteiger partial charge in [-0.1, -0.05) is 12.1 Å². The molecule has 2 aromatic heterocycles. The molecule has 0 amide bonds. The minimum Gasteiger partial charge on any atom is -0.462 e. The van der Waals surface area contributed by atoms with Gasteiger partial charge >= 0.3 is 11.9 Å². The smallest absolute Gasteiger partial charge is 0.348 e. The first-order chi connectivity index (χ1) is 14.3. The average Bonchev–Trinajstić information content (AvgIpc) is 3.35. The predicted octanol–water partition coefficient (Wildman–Crippen LogP) is 3.69. The van der Waals surface area contributed by atoms with Gasteiger partial charge in [-0.2, -0.15) is 0 Å². The van der Waals surface area contributed by atoms with Gasteiger partial charge in [-0.05, 0) is 30.5 Å². The number of halogens is 1. The van der Waals surface area contributed by atoms with Crippen LogP contribution < -0.4 is 4.72 Å². The van der Waals surface area contributed by atoms with Crippen LogP contribution in [0.15, 0.2) is 39.9 Å². The van der Waals surface area contributed by atoms with Gasteiger partial charge in [-0.3, -0.25) is 4.79 Å². The molecule has 160 valence electrons. The van der Waals surface area contributed by atoms with Crippen LogP contribution in [0.2, 0.25) is 0 Å². The lowest BCUT2D eigenvalue weighted by Gasteiger charge is -2.08. The zero-order valence-corrected chi connectivity index (χ0v) is 18.3. The van der Waals surface area contributed by atoms with Crippen LogP contribution in [0.4, 0.5) is 4.39 Å². The van der Waals surface area contributed by atoms with Crippen LogP contribution >= 0.6 is 22.7 Å². The molecule has 11 heteroatoms. The Morgan fingerprint density at radius 3 is 2.67 bits per heavy atom. The molecule has 3 aromatic rings. The van der Waals surface area contributed by atoms with E-state index in [0.717, 1.165) is 22.7 Å². The lowest BCUT2D eigenvalue weighted by molar-refractivity contribution is -0.144. The van der Waals surface area contributed by atoms with Gasteiger partial charge in [0.25, 0.3) is 0 Å². The first-order valence-electron chi connectivity index (χ1n) is 8.89. The largest absolute Gasteiger partial charge is 0.462 e. The predicted molar refractivity (Wildman–Crippen MR) is 112 cm³/mol. The van der Waals surface area contributed by atoms with Crippen molar-refractivity contribution >= 4 is 54.7 Å². The first-order valence-corrected chi connectivity index (χ1v) is 12.1. The molecule has 0 aliphatic heterocycles. The van der Waals surface area contributed by atoms with E-state index in [4.69, 9.17) is 9.47 Å². The molecule has 0 atom stereocenters. The lowest BCUT2D eigenvalue weighted by Crippen LogP contribution is -2.26. The summed E-state index contributed by atoms with van der Waals surface area (Å²) in [6.07, 6.45) is -0.218. The summed E-state index contributed by atoms with van der Waals surface area (Å²) in [4.78, 5) is 24.5. The number of benzene rings is 1. The standard InChI is InChI=1S/C19H18FNO6S3/c1-2-26-19(23)18-12(17-13(20)5-3-6-14(17)29-18)11-27-15(22)8-9-21-30(24,25)16-7-4-10-28-16/h3-7,10,21H,2,8-9,11H2,1H3. The van der Waals surface area contributed by atoms with Crippen molar-refractivity contribution in [3.63, 3.8) is 0 Å². The second-order valence-corrected chi connectivity index (χ2v) is 9.98. The van der Waals surface area contributed by atoms with Crippen molar-refractivity contribution in [2.45, 2.75) is 24.2 Å². The third-order valence-corrected chi connectivity index (χ3v) is 8.02. The van der Waals surface area contributed by atoms with Crippen molar-refractivity contribution in [2.75, 3.05) is 13.2 Å². The van der Waals surface area contributed by atoms with E-state index < -0.39 is 27.8 Å². The summed E-state index contributed by atoms with van der Waals surface area (Å²) in [7, 11) is -3.68. The molecule has 0 saturated heterocycles. The van der Waals surface area contributed by atoms with E-state index in [-0.39, 0.29) is 46.2 Å². The molecule has 0 aliphatic rings. The summed E-state index contributed by atoms with van der Waals surface area (Å²) in [5.74, 6) is -1.84. The Bertz CT molecular complexity index is 1150. The number of carbonyl (C=O) groups is 2. The van der Waals surface area contributed by atoms with Gasteiger partial charge in [-0.25, -0.2) is 22.3 Å². The molecule has 0 unspecified atom stereocenters. The minimum absolute atomic E-state index is 0.148. The van der Waals surface area contributed by atoms with Gasteiger partial charge in [0.1, 0.15) is 21.5 Å². The summed E-state index contributed by atoms with van der Waals surface area (Å²) < 4.78 is 51.6. The molecule has 0 aliphatic carbocycles. The number of hydrogen-bond donors (Lipinski definition) is 1. The van der Waals surface area contributed by atoms with Crippen LogP contribution in [-0.4, -0.2) is 33.5 Å². The molecule has 1 aromatic carbocycles. The molecule has 0 bridgehead atoms. The minimum atomic E-state index is -3.68. The van der Waals surface area contributed by atoms with E-state index in [1.165, 1.54) is 18.2 Å². The van der Waals surface area contributed by atoms with E-state index in [0.29, 0.717) is 4.70 Å². The third kappa shape index (κ3) is 5.04. The number of thiophene rings is 2. The molecule has 1 N–H and O–H groups in total. The van der Waals surface area contributed by atoms with Crippen molar-refractivity contribution in [3.8, 4) is 0 Å². The van der Waals surface area contributed by atoms with Gasteiger partial charge < -0.3 is 9.47 Å². The van der Waals surface area contributed by atoms with Crippen LogP contribution in [-0.2, 0) is 30.9 Å². The zero-order valence-electron chi connectivity index (χ0n) is 15.8. The Labute approximate surface area is 180 Å². The van der Waals surface area contributed by atoms with Gasteiger partial charge in [0.15, 0.2) is 0 Å². The monoisotopic (exact) mass is 471 g/mol. The number of carbonyl (C=O) groups excluding carboxylic acids is 2. The zero-order chi connectivity index (χ0) is 21.7. The first kappa shape index (κ1) is 22.3. The fourth-order valence-corrected chi connectivity index (χ4v) is 5.85. The van der Waals surface area contributed by atoms with E-state index in [1.54, 1.807) is 24.4 Å². The number of esters is 2. The van der Waals surface area contributed by atoms with Crippen LogP contribution in [0.25, 0.3) is 10.1 Å². The molecule has 2 heterocycles. The average molecular weight is 472 g/mol. The van der Waals surface area contributed by atoms with Crippen LogP contribution in [0.1, 0.15) is 28.6 Å². The summed E-state index contributed by atoms with van der Waals surface area (Å²) in [5, 5.41) is 1.84. The van der Waals surface area contributed by atoms with Crippen LogP contribution in [0.5, 0.6) is 0 Å². The van der Waals surface area contributed by atoms with Crippen molar-refractivity contribution in [1.82, 2.24) is 4.72 Å². The summed E-state index contributed by atoms with van der Waals surface area (Å²) >= 11 is 2.12. The SMILES string of the molecule is CCOC(=O)c1sc2cccc(F)c2c1COC(=O)CCNS(=O)(=O)c1cccs1. The van der Waals surface area contributed by atoms with Crippen molar-refractivity contribution in [3.05, 3.63) is 52.0 Å². The molecule has 0 saturated carbocycles. The maximum atomic E-state index is 14.3. The Hall–Kier alpha value is -2.34. The van der Waals surface area contributed by atoms with E-state index in [1.807, 2.05) is 0 Å². The van der Waals surface area contributed by atoms with E-state index in [2.05, 4.69) is 4.72 Å². The second kappa shape index (κ2) is 9.65. The van der Waals surface area contributed by atoms with Gasteiger partial charge in [0.05, 0.1) is 13.0 Å². The van der Waals surface area contributed by atoms with Crippen molar-refractivity contribution in [2.24, 2.45) is 0 Å². The molecule has 0 fully saturated rings.